The normalized spacial score (nSPS) is 12.7. The highest BCUT2D eigenvalue weighted by Crippen LogP contribution is 2.28. The van der Waals surface area contributed by atoms with Crippen LogP contribution < -0.4 is 10.5 Å². The van der Waals surface area contributed by atoms with E-state index in [2.05, 4.69) is 4.90 Å². The van der Waals surface area contributed by atoms with Crippen LogP contribution >= 0.6 is 22.9 Å². The first-order valence-corrected chi connectivity index (χ1v) is 7.72. The maximum absolute atomic E-state index is 13.8. The SMILES string of the molecule is COc1ccc(C(CN)N(C)Cc2ccc(Cl)s2)cc1F. The van der Waals surface area contributed by atoms with Crippen molar-refractivity contribution in [3.05, 3.63) is 50.9 Å². The summed E-state index contributed by atoms with van der Waals surface area (Å²) in [5.41, 5.74) is 6.70. The summed E-state index contributed by atoms with van der Waals surface area (Å²) in [5.74, 6) is -0.136. The van der Waals surface area contributed by atoms with Crippen molar-refractivity contribution in [1.29, 1.82) is 0 Å². The second-order valence-corrected chi connectivity index (χ2v) is 6.57. The lowest BCUT2D eigenvalue weighted by Gasteiger charge is -2.27. The Hall–Kier alpha value is -1.14. The Morgan fingerprint density at radius 3 is 2.67 bits per heavy atom. The Morgan fingerprint density at radius 2 is 2.14 bits per heavy atom. The third-order valence-corrected chi connectivity index (χ3v) is 4.57. The molecule has 2 rings (SSSR count). The molecule has 2 aromatic rings. The van der Waals surface area contributed by atoms with Gasteiger partial charge in [-0.1, -0.05) is 17.7 Å². The van der Waals surface area contributed by atoms with E-state index in [0.29, 0.717) is 13.1 Å². The molecular weight excluding hydrogens is 311 g/mol. The second-order valence-electron chi connectivity index (χ2n) is 4.77. The van der Waals surface area contributed by atoms with Crippen molar-refractivity contribution < 1.29 is 9.13 Å². The van der Waals surface area contributed by atoms with Crippen LogP contribution in [0.4, 0.5) is 4.39 Å². The number of ether oxygens (including phenoxy) is 1. The van der Waals surface area contributed by atoms with E-state index in [1.54, 1.807) is 6.07 Å². The lowest BCUT2D eigenvalue weighted by Crippen LogP contribution is -2.30. The highest BCUT2D eigenvalue weighted by Gasteiger charge is 2.18. The predicted octanol–water partition coefficient (Wildman–Crippen LogP) is 3.68. The minimum absolute atomic E-state index is 0.0636. The van der Waals surface area contributed by atoms with Gasteiger partial charge in [-0.25, -0.2) is 4.39 Å². The number of thiophene rings is 1. The number of nitrogens with zero attached hydrogens (tertiary/aromatic N) is 1. The lowest BCUT2D eigenvalue weighted by atomic mass is 10.1. The van der Waals surface area contributed by atoms with Crippen molar-refractivity contribution in [3.8, 4) is 5.75 Å². The highest BCUT2D eigenvalue weighted by molar-refractivity contribution is 7.16. The molecule has 1 aromatic heterocycles. The van der Waals surface area contributed by atoms with Gasteiger partial charge in [-0.3, -0.25) is 4.90 Å². The van der Waals surface area contributed by atoms with Gasteiger partial charge < -0.3 is 10.5 Å². The molecule has 0 radical (unpaired) electrons. The molecule has 2 N–H and O–H groups in total. The Labute approximate surface area is 133 Å². The van der Waals surface area contributed by atoms with Crippen molar-refractivity contribution in [2.75, 3.05) is 20.7 Å². The van der Waals surface area contributed by atoms with Gasteiger partial charge in [-0.05, 0) is 36.9 Å². The zero-order chi connectivity index (χ0) is 15.4. The van der Waals surface area contributed by atoms with Crippen molar-refractivity contribution in [2.45, 2.75) is 12.6 Å². The largest absolute Gasteiger partial charge is 0.494 e. The van der Waals surface area contributed by atoms with Crippen LogP contribution in [-0.2, 0) is 6.54 Å². The molecule has 0 aliphatic heterocycles. The van der Waals surface area contributed by atoms with Crippen molar-refractivity contribution in [3.63, 3.8) is 0 Å². The van der Waals surface area contributed by atoms with Crippen LogP contribution in [-0.4, -0.2) is 25.6 Å². The molecule has 114 valence electrons. The Kier molecular flexibility index (Phi) is 5.58. The molecule has 3 nitrogen and oxygen atoms in total. The highest BCUT2D eigenvalue weighted by atomic mass is 35.5. The summed E-state index contributed by atoms with van der Waals surface area (Å²) in [6, 6.07) is 8.76. The molecule has 0 amide bonds. The van der Waals surface area contributed by atoms with E-state index in [1.807, 2.05) is 25.2 Å². The average Bonchev–Trinajstić information content (AvgIpc) is 2.85. The number of likely N-dealkylation sites (N-methyl/N-ethyl adjacent to an activating group) is 1. The summed E-state index contributed by atoms with van der Waals surface area (Å²) >= 11 is 7.48. The summed E-state index contributed by atoms with van der Waals surface area (Å²) in [5, 5.41) is 0. The van der Waals surface area contributed by atoms with Gasteiger partial charge in [0.25, 0.3) is 0 Å². The fraction of sp³-hybridized carbons (Fsp3) is 0.333. The number of halogens is 2. The summed E-state index contributed by atoms with van der Waals surface area (Å²) in [7, 11) is 3.42. The molecule has 1 heterocycles. The van der Waals surface area contributed by atoms with Gasteiger partial charge in [-0.2, -0.15) is 0 Å². The lowest BCUT2D eigenvalue weighted by molar-refractivity contribution is 0.243. The predicted molar refractivity (Wildman–Crippen MR) is 85.5 cm³/mol. The molecule has 0 bridgehead atoms. The van der Waals surface area contributed by atoms with Gasteiger partial charge in [0.15, 0.2) is 11.6 Å². The molecular formula is C15H18ClFN2OS. The number of hydrogen-bond donors (Lipinski definition) is 1. The smallest absolute Gasteiger partial charge is 0.165 e. The van der Waals surface area contributed by atoms with Gasteiger partial charge in [-0.15, -0.1) is 11.3 Å². The number of rotatable bonds is 6. The van der Waals surface area contributed by atoms with E-state index >= 15 is 0 Å². The van der Waals surface area contributed by atoms with Gasteiger partial charge in [0, 0.05) is 24.0 Å². The van der Waals surface area contributed by atoms with E-state index in [0.717, 1.165) is 14.8 Å². The maximum atomic E-state index is 13.8. The average molecular weight is 329 g/mol. The standard InChI is InChI=1S/C15H18ClFN2OS/c1-19(9-11-4-6-15(16)21-11)13(8-18)10-3-5-14(20-2)12(17)7-10/h3-7,13H,8-9,18H2,1-2H3. The van der Waals surface area contributed by atoms with E-state index in [1.165, 1.54) is 24.5 Å². The molecule has 1 atom stereocenters. The third kappa shape index (κ3) is 3.95. The summed E-state index contributed by atoms with van der Waals surface area (Å²) in [4.78, 5) is 3.23. The van der Waals surface area contributed by atoms with Crippen molar-refractivity contribution in [1.82, 2.24) is 4.90 Å². The number of nitrogens with two attached hydrogens (primary N) is 1. The van der Waals surface area contributed by atoms with Crippen LogP contribution in [0.3, 0.4) is 0 Å². The number of benzene rings is 1. The first kappa shape index (κ1) is 16.2. The first-order valence-electron chi connectivity index (χ1n) is 6.53. The maximum Gasteiger partial charge on any atom is 0.165 e. The monoisotopic (exact) mass is 328 g/mol. The quantitative estimate of drug-likeness (QED) is 0.879. The number of hydrogen-bond acceptors (Lipinski definition) is 4. The molecule has 0 spiro atoms. The van der Waals surface area contributed by atoms with Crippen molar-refractivity contribution in [2.24, 2.45) is 5.73 Å². The van der Waals surface area contributed by atoms with Gasteiger partial charge in [0.05, 0.1) is 11.4 Å². The molecule has 0 aliphatic carbocycles. The molecule has 0 saturated carbocycles. The van der Waals surface area contributed by atoms with Gasteiger partial charge >= 0.3 is 0 Å². The number of methoxy groups -OCH3 is 1. The van der Waals surface area contributed by atoms with Crippen LogP contribution in [0, 0.1) is 5.82 Å². The fourth-order valence-corrected chi connectivity index (χ4v) is 3.40. The molecule has 6 heteroatoms. The van der Waals surface area contributed by atoms with E-state index in [9.17, 15) is 4.39 Å². The molecule has 0 aliphatic rings. The molecule has 21 heavy (non-hydrogen) atoms. The van der Waals surface area contributed by atoms with Crippen LogP contribution in [0.25, 0.3) is 0 Å². The second kappa shape index (κ2) is 7.22. The molecule has 0 saturated heterocycles. The minimum Gasteiger partial charge on any atom is -0.494 e. The van der Waals surface area contributed by atoms with Crippen LogP contribution in [0.5, 0.6) is 5.75 Å². The zero-order valence-corrected chi connectivity index (χ0v) is 13.5. The Balaban J connectivity index is 2.16. The van der Waals surface area contributed by atoms with E-state index < -0.39 is 0 Å². The fourth-order valence-electron chi connectivity index (χ4n) is 2.25. The zero-order valence-electron chi connectivity index (χ0n) is 12.0. The molecule has 1 unspecified atom stereocenters. The summed E-state index contributed by atoms with van der Waals surface area (Å²) in [6.07, 6.45) is 0. The summed E-state index contributed by atoms with van der Waals surface area (Å²) in [6.45, 7) is 1.12. The van der Waals surface area contributed by atoms with Crippen molar-refractivity contribution >= 4 is 22.9 Å². The van der Waals surface area contributed by atoms with Crippen LogP contribution in [0.2, 0.25) is 4.34 Å². The van der Waals surface area contributed by atoms with E-state index in [4.69, 9.17) is 22.1 Å². The Bertz CT molecular complexity index is 605. The third-order valence-electron chi connectivity index (χ3n) is 3.35. The molecule has 1 aromatic carbocycles. The van der Waals surface area contributed by atoms with Crippen LogP contribution in [0.15, 0.2) is 30.3 Å². The van der Waals surface area contributed by atoms with Gasteiger partial charge in [0.1, 0.15) is 0 Å². The Morgan fingerprint density at radius 1 is 1.38 bits per heavy atom. The first-order chi connectivity index (χ1) is 10.0. The molecule has 0 fully saturated rings. The van der Waals surface area contributed by atoms with E-state index in [-0.39, 0.29) is 17.6 Å². The van der Waals surface area contributed by atoms with Gasteiger partial charge in [0.2, 0.25) is 0 Å². The summed E-state index contributed by atoms with van der Waals surface area (Å²) < 4.78 is 19.5. The minimum atomic E-state index is -0.374. The topological polar surface area (TPSA) is 38.5 Å². The van der Waals surface area contributed by atoms with Crippen LogP contribution in [0.1, 0.15) is 16.5 Å².